The smallest absolute Gasteiger partial charge is 0.132 e. The maximum Gasteiger partial charge on any atom is 0.132 e. The molecule has 0 bridgehead atoms. The van der Waals surface area contributed by atoms with Crippen LogP contribution in [0.15, 0.2) is 36.4 Å². The van der Waals surface area contributed by atoms with Crippen molar-refractivity contribution in [1.82, 2.24) is 0 Å². The van der Waals surface area contributed by atoms with Crippen LogP contribution < -0.4 is 10.5 Å². The van der Waals surface area contributed by atoms with Gasteiger partial charge in [-0.15, -0.1) is 0 Å². The summed E-state index contributed by atoms with van der Waals surface area (Å²) in [4.78, 5) is 0. The average molecular weight is 331 g/mol. The largest absolute Gasteiger partial charge is 0.457 e. The number of rotatable bonds is 4. The van der Waals surface area contributed by atoms with E-state index in [9.17, 15) is 0 Å². The molecule has 0 heterocycles. The molecule has 0 aliphatic heterocycles. The predicted octanol–water partition coefficient (Wildman–Crippen LogP) is 5.33. The third-order valence-electron chi connectivity index (χ3n) is 2.69. The molecule has 2 aromatic rings. The Morgan fingerprint density at radius 3 is 2.45 bits per heavy atom. The minimum absolute atomic E-state index is 0.0346. The maximum absolute atomic E-state index is 6.02. The number of ether oxygens (including phenoxy) is 1. The van der Waals surface area contributed by atoms with Crippen molar-refractivity contribution >= 4 is 34.8 Å². The Balaban J connectivity index is 2.31. The number of hydrogen-bond acceptors (Lipinski definition) is 2. The molecule has 106 valence electrons. The molecule has 0 saturated heterocycles. The first-order chi connectivity index (χ1) is 9.45. The summed E-state index contributed by atoms with van der Waals surface area (Å²) >= 11 is 17.9. The summed E-state index contributed by atoms with van der Waals surface area (Å²) < 4.78 is 5.84. The van der Waals surface area contributed by atoms with Crippen LogP contribution in [0.5, 0.6) is 11.5 Å². The molecule has 1 unspecified atom stereocenters. The maximum atomic E-state index is 6.02. The molecule has 1 atom stereocenters. The minimum Gasteiger partial charge on any atom is -0.457 e. The van der Waals surface area contributed by atoms with Gasteiger partial charge in [0.1, 0.15) is 11.5 Å². The molecule has 2 rings (SSSR count). The lowest BCUT2D eigenvalue weighted by Gasteiger charge is -2.13. The molecular formula is C15H14Cl3NO. The van der Waals surface area contributed by atoms with Gasteiger partial charge in [0.15, 0.2) is 0 Å². The zero-order valence-corrected chi connectivity index (χ0v) is 13.1. The van der Waals surface area contributed by atoms with Gasteiger partial charge in [-0.3, -0.25) is 0 Å². The normalized spacial score (nSPS) is 12.2. The summed E-state index contributed by atoms with van der Waals surface area (Å²) in [5, 5.41) is 1.54. The SMILES string of the molecule is CC(N)Cc1ccc(Cl)cc1Oc1ccc(Cl)c(Cl)c1. The van der Waals surface area contributed by atoms with Gasteiger partial charge in [-0.1, -0.05) is 40.9 Å². The van der Waals surface area contributed by atoms with E-state index in [1.807, 2.05) is 19.1 Å². The Labute approximate surface area is 133 Å². The Kier molecular flexibility index (Phi) is 5.17. The average Bonchev–Trinajstić information content (AvgIpc) is 2.37. The van der Waals surface area contributed by atoms with Crippen LogP contribution in [0.2, 0.25) is 15.1 Å². The molecule has 0 spiro atoms. The van der Waals surface area contributed by atoms with E-state index in [1.165, 1.54) is 0 Å². The van der Waals surface area contributed by atoms with Crippen molar-refractivity contribution in [2.24, 2.45) is 5.73 Å². The van der Waals surface area contributed by atoms with Gasteiger partial charge in [0, 0.05) is 17.1 Å². The number of benzene rings is 2. The van der Waals surface area contributed by atoms with Crippen molar-refractivity contribution in [3.05, 3.63) is 57.0 Å². The Morgan fingerprint density at radius 1 is 1.05 bits per heavy atom. The number of halogens is 3. The molecule has 0 aliphatic carbocycles. The molecule has 0 fully saturated rings. The summed E-state index contributed by atoms with van der Waals surface area (Å²) in [7, 11) is 0. The fourth-order valence-corrected chi connectivity index (χ4v) is 2.26. The van der Waals surface area contributed by atoms with Crippen LogP contribution >= 0.6 is 34.8 Å². The molecular weight excluding hydrogens is 317 g/mol. The Hall–Kier alpha value is -0.930. The minimum atomic E-state index is 0.0346. The lowest BCUT2D eigenvalue weighted by Crippen LogP contribution is -2.18. The van der Waals surface area contributed by atoms with Crippen LogP contribution in [-0.4, -0.2) is 6.04 Å². The third kappa shape index (κ3) is 4.03. The van der Waals surface area contributed by atoms with E-state index in [0.717, 1.165) is 5.56 Å². The van der Waals surface area contributed by atoms with Gasteiger partial charge in [0.05, 0.1) is 10.0 Å². The zero-order chi connectivity index (χ0) is 14.7. The third-order valence-corrected chi connectivity index (χ3v) is 3.66. The Morgan fingerprint density at radius 2 is 1.80 bits per heavy atom. The van der Waals surface area contributed by atoms with E-state index >= 15 is 0 Å². The first kappa shape index (κ1) is 15.5. The molecule has 5 heteroatoms. The van der Waals surface area contributed by atoms with Gasteiger partial charge in [-0.2, -0.15) is 0 Å². The van der Waals surface area contributed by atoms with Crippen LogP contribution in [0.25, 0.3) is 0 Å². The molecule has 2 nitrogen and oxygen atoms in total. The molecule has 2 aromatic carbocycles. The highest BCUT2D eigenvalue weighted by Crippen LogP contribution is 2.32. The lowest BCUT2D eigenvalue weighted by atomic mass is 10.1. The fraction of sp³-hybridized carbons (Fsp3) is 0.200. The van der Waals surface area contributed by atoms with Crippen LogP contribution in [0, 0.1) is 0 Å². The topological polar surface area (TPSA) is 35.2 Å². The van der Waals surface area contributed by atoms with Crippen molar-refractivity contribution in [3.63, 3.8) is 0 Å². The summed E-state index contributed by atoms with van der Waals surface area (Å²) in [5.41, 5.74) is 6.84. The molecule has 0 saturated carbocycles. The first-order valence-electron chi connectivity index (χ1n) is 6.12. The van der Waals surface area contributed by atoms with Crippen molar-refractivity contribution in [3.8, 4) is 11.5 Å². The van der Waals surface area contributed by atoms with Gasteiger partial charge in [-0.05, 0) is 43.2 Å². The highest BCUT2D eigenvalue weighted by atomic mass is 35.5. The highest BCUT2D eigenvalue weighted by molar-refractivity contribution is 6.42. The lowest BCUT2D eigenvalue weighted by molar-refractivity contribution is 0.474. The van der Waals surface area contributed by atoms with Crippen LogP contribution in [0.4, 0.5) is 0 Å². The molecule has 0 amide bonds. The summed E-state index contributed by atoms with van der Waals surface area (Å²) in [6, 6.07) is 10.6. The summed E-state index contributed by atoms with van der Waals surface area (Å²) in [5.74, 6) is 1.28. The fourth-order valence-electron chi connectivity index (χ4n) is 1.81. The zero-order valence-electron chi connectivity index (χ0n) is 10.9. The second-order valence-electron chi connectivity index (χ2n) is 4.61. The van der Waals surface area contributed by atoms with Crippen molar-refractivity contribution < 1.29 is 4.74 Å². The molecule has 2 N–H and O–H groups in total. The van der Waals surface area contributed by atoms with E-state index in [0.29, 0.717) is 33.0 Å². The van der Waals surface area contributed by atoms with Gasteiger partial charge >= 0.3 is 0 Å². The predicted molar refractivity (Wildman–Crippen MR) is 85.3 cm³/mol. The molecule has 0 aromatic heterocycles. The van der Waals surface area contributed by atoms with E-state index < -0.39 is 0 Å². The van der Waals surface area contributed by atoms with Crippen LogP contribution in [0.1, 0.15) is 12.5 Å². The van der Waals surface area contributed by atoms with E-state index in [1.54, 1.807) is 24.3 Å². The van der Waals surface area contributed by atoms with Gasteiger partial charge in [0.25, 0.3) is 0 Å². The van der Waals surface area contributed by atoms with E-state index in [2.05, 4.69) is 0 Å². The van der Waals surface area contributed by atoms with Crippen molar-refractivity contribution in [2.45, 2.75) is 19.4 Å². The molecule has 0 radical (unpaired) electrons. The van der Waals surface area contributed by atoms with Gasteiger partial charge in [0.2, 0.25) is 0 Å². The quantitative estimate of drug-likeness (QED) is 0.822. The monoisotopic (exact) mass is 329 g/mol. The Bertz CT molecular complexity index is 614. The number of hydrogen-bond donors (Lipinski definition) is 1. The van der Waals surface area contributed by atoms with Crippen molar-refractivity contribution in [2.75, 3.05) is 0 Å². The van der Waals surface area contributed by atoms with E-state index in [4.69, 9.17) is 45.3 Å². The molecule has 0 aliphatic rings. The van der Waals surface area contributed by atoms with Gasteiger partial charge < -0.3 is 10.5 Å². The van der Waals surface area contributed by atoms with E-state index in [-0.39, 0.29) is 6.04 Å². The number of nitrogens with two attached hydrogens (primary N) is 1. The van der Waals surface area contributed by atoms with Crippen LogP contribution in [-0.2, 0) is 6.42 Å². The first-order valence-corrected chi connectivity index (χ1v) is 7.26. The highest BCUT2D eigenvalue weighted by Gasteiger charge is 2.09. The second kappa shape index (κ2) is 6.68. The van der Waals surface area contributed by atoms with Crippen LogP contribution in [0.3, 0.4) is 0 Å². The standard InChI is InChI=1S/C15H14Cl3NO/c1-9(19)6-10-2-3-11(16)7-15(10)20-12-4-5-13(17)14(18)8-12/h2-5,7-9H,6,19H2,1H3. The van der Waals surface area contributed by atoms with Crippen molar-refractivity contribution in [1.29, 1.82) is 0 Å². The summed E-state index contributed by atoms with van der Waals surface area (Å²) in [6.45, 7) is 1.94. The van der Waals surface area contributed by atoms with Gasteiger partial charge in [-0.25, -0.2) is 0 Å². The molecule has 20 heavy (non-hydrogen) atoms. The summed E-state index contributed by atoms with van der Waals surface area (Å²) in [6.07, 6.45) is 0.702. The second-order valence-corrected chi connectivity index (χ2v) is 5.86.